The van der Waals surface area contributed by atoms with Crippen molar-refractivity contribution in [2.45, 2.75) is 18.0 Å². The molecule has 2 aromatic carbocycles. The highest BCUT2D eigenvalue weighted by Crippen LogP contribution is 2.46. The van der Waals surface area contributed by atoms with E-state index in [1.54, 1.807) is 0 Å². The molecule has 1 atom stereocenters. The van der Waals surface area contributed by atoms with E-state index in [9.17, 15) is 31.1 Å². The van der Waals surface area contributed by atoms with Crippen molar-refractivity contribution in [3.63, 3.8) is 0 Å². The molecule has 1 heterocycles. The Bertz CT molecular complexity index is 866. The molecule has 3 rings (SSSR count). The van der Waals surface area contributed by atoms with Gasteiger partial charge in [0.1, 0.15) is 11.5 Å². The van der Waals surface area contributed by atoms with E-state index in [0.717, 1.165) is 36.4 Å². The zero-order chi connectivity index (χ0) is 20.0. The molecule has 0 aromatic heterocycles. The lowest BCUT2D eigenvalue weighted by molar-refractivity contribution is -0.146. The van der Waals surface area contributed by atoms with Crippen molar-refractivity contribution in [1.29, 1.82) is 0 Å². The molecule has 4 nitrogen and oxygen atoms in total. The van der Waals surface area contributed by atoms with E-state index < -0.39 is 47.2 Å². The van der Waals surface area contributed by atoms with E-state index in [1.807, 2.05) is 0 Å². The van der Waals surface area contributed by atoms with Gasteiger partial charge in [-0.1, -0.05) is 6.07 Å². The fourth-order valence-electron chi connectivity index (χ4n) is 2.49. The first-order chi connectivity index (χ1) is 12.4. The normalized spacial score (nSPS) is 19.6. The number of alkyl halides is 6. The summed E-state index contributed by atoms with van der Waals surface area (Å²) in [7, 11) is 0. The number of ether oxygens (including phenoxy) is 2. The maximum atomic E-state index is 13.3. The van der Waals surface area contributed by atoms with Crippen molar-refractivity contribution in [1.82, 2.24) is 0 Å². The minimum absolute atomic E-state index is 0.112. The van der Waals surface area contributed by atoms with Crippen LogP contribution in [0.1, 0.15) is 16.7 Å². The van der Waals surface area contributed by atoms with E-state index >= 15 is 0 Å². The molecule has 0 radical (unpaired) electrons. The van der Waals surface area contributed by atoms with Gasteiger partial charge < -0.3 is 14.6 Å². The maximum Gasteiger partial charge on any atom is 0.416 e. The number of halogens is 6. The first-order valence-corrected chi connectivity index (χ1v) is 7.38. The lowest BCUT2D eigenvalue weighted by Gasteiger charge is -2.17. The lowest BCUT2D eigenvalue weighted by atomic mass is 9.94. The maximum absolute atomic E-state index is 13.3. The minimum atomic E-state index is -4.89. The number of rotatable bonds is 4. The van der Waals surface area contributed by atoms with Gasteiger partial charge in [0, 0.05) is 5.56 Å². The molecule has 0 bridgehead atoms. The summed E-state index contributed by atoms with van der Waals surface area (Å²) >= 11 is 0. The van der Waals surface area contributed by atoms with Gasteiger partial charge in [0.15, 0.2) is 0 Å². The Morgan fingerprint density at radius 2 is 1.52 bits per heavy atom. The molecule has 0 amide bonds. The number of carboxylic acid groups (broad SMARTS) is 1. The fourth-order valence-corrected chi connectivity index (χ4v) is 2.49. The minimum Gasteiger partial charge on any atom is -0.479 e. The first kappa shape index (κ1) is 19.0. The summed E-state index contributed by atoms with van der Waals surface area (Å²) in [6.07, 6.45) is -9.44. The van der Waals surface area contributed by atoms with E-state index in [4.69, 9.17) is 14.6 Å². The summed E-state index contributed by atoms with van der Waals surface area (Å²) in [5.74, 6) is -1.98. The van der Waals surface area contributed by atoms with Crippen LogP contribution < -0.4 is 4.74 Å². The van der Waals surface area contributed by atoms with Gasteiger partial charge in [0.25, 0.3) is 0 Å². The highest BCUT2D eigenvalue weighted by molar-refractivity contribution is 5.83. The summed E-state index contributed by atoms with van der Waals surface area (Å²) in [6, 6.07) is 5.98. The predicted molar refractivity (Wildman–Crippen MR) is 78.2 cm³/mol. The van der Waals surface area contributed by atoms with Crippen molar-refractivity contribution in [3.8, 4) is 11.5 Å². The van der Waals surface area contributed by atoms with Crippen LogP contribution in [0.5, 0.6) is 11.5 Å². The number of benzene rings is 2. The predicted octanol–water partition coefficient (Wildman–Crippen LogP) is 4.83. The van der Waals surface area contributed by atoms with Crippen LogP contribution in [0.25, 0.3) is 0 Å². The Balaban J connectivity index is 1.93. The van der Waals surface area contributed by atoms with E-state index in [-0.39, 0.29) is 11.5 Å². The topological polar surface area (TPSA) is 59.1 Å². The number of hydrogen-bond donors (Lipinski definition) is 1. The summed E-state index contributed by atoms with van der Waals surface area (Å²) in [6.45, 7) is -0.398. The van der Waals surface area contributed by atoms with Crippen molar-refractivity contribution in [2.24, 2.45) is 0 Å². The summed E-state index contributed by atoms with van der Waals surface area (Å²) in [5.41, 5.74) is -4.82. The molecular formula is C17H10F6O4. The zero-order valence-corrected chi connectivity index (χ0v) is 13.2. The van der Waals surface area contributed by atoms with Gasteiger partial charge in [-0.25, -0.2) is 4.79 Å². The summed E-state index contributed by atoms with van der Waals surface area (Å²) in [5, 5.41) is 9.13. The number of aliphatic carboxylic acids is 1. The number of epoxide rings is 1. The van der Waals surface area contributed by atoms with E-state index in [2.05, 4.69) is 0 Å². The molecule has 1 unspecified atom stereocenters. The van der Waals surface area contributed by atoms with Crippen molar-refractivity contribution >= 4 is 5.97 Å². The van der Waals surface area contributed by atoms with E-state index in [0.29, 0.717) is 6.07 Å². The molecule has 27 heavy (non-hydrogen) atoms. The third-order valence-electron chi connectivity index (χ3n) is 3.93. The molecule has 1 aliphatic heterocycles. The van der Waals surface area contributed by atoms with Crippen LogP contribution in [0.4, 0.5) is 26.3 Å². The summed E-state index contributed by atoms with van der Waals surface area (Å²) in [4.78, 5) is 11.2. The standard InChI is InChI=1S/C17H10F6O4/c18-16(19,20)9-1-3-10(4-2-9)27-11-5-6-12(13(7-11)17(21,22)23)15(8-26-15)14(24)25/h1-7H,8H2,(H,24,25). The Morgan fingerprint density at radius 1 is 0.963 bits per heavy atom. The number of hydrogen-bond acceptors (Lipinski definition) is 3. The van der Waals surface area contributed by atoms with Gasteiger partial charge >= 0.3 is 18.3 Å². The smallest absolute Gasteiger partial charge is 0.416 e. The molecule has 0 spiro atoms. The van der Waals surface area contributed by atoms with Crippen LogP contribution >= 0.6 is 0 Å². The average Bonchev–Trinajstić information content (AvgIpc) is 3.35. The van der Waals surface area contributed by atoms with Crippen molar-refractivity contribution in [2.75, 3.05) is 6.61 Å². The Kier molecular flexibility index (Phi) is 4.34. The zero-order valence-electron chi connectivity index (χ0n) is 13.2. The van der Waals surface area contributed by atoms with Gasteiger partial charge in [-0.2, -0.15) is 26.3 Å². The quantitative estimate of drug-likeness (QED) is 0.598. The monoisotopic (exact) mass is 392 g/mol. The Hall–Kier alpha value is -2.75. The number of carbonyl (C=O) groups is 1. The molecule has 1 aliphatic rings. The third-order valence-corrected chi connectivity index (χ3v) is 3.93. The van der Waals surface area contributed by atoms with Crippen LogP contribution in [0.3, 0.4) is 0 Å². The fraction of sp³-hybridized carbons (Fsp3) is 0.235. The second-order valence-corrected chi connectivity index (χ2v) is 5.75. The average molecular weight is 392 g/mol. The van der Waals surface area contributed by atoms with Crippen LogP contribution in [-0.2, 0) is 27.5 Å². The second kappa shape index (κ2) is 6.15. The molecule has 0 aliphatic carbocycles. The Morgan fingerprint density at radius 3 is 1.96 bits per heavy atom. The highest BCUT2D eigenvalue weighted by atomic mass is 19.4. The van der Waals surface area contributed by atoms with Crippen molar-refractivity contribution in [3.05, 3.63) is 59.2 Å². The SMILES string of the molecule is O=C(O)C1(c2ccc(Oc3ccc(C(F)(F)F)cc3)cc2C(F)(F)F)CO1. The van der Waals surface area contributed by atoms with Gasteiger partial charge in [-0.15, -0.1) is 0 Å². The molecule has 1 fully saturated rings. The van der Waals surface area contributed by atoms with Gasteiger partial charge in [0.05, 0.1) is 17.7 Å². The van der Waals surface area contributed by atoms with Crippen LogP contribution in [0, 0.1) is 0 Å². The second-order valence-electron chi connectivity index (χ2n) is 5.75. The molecule has 1 N–H and O–H groups in total. The third kappa shape index (κ3) is 3.70. The van der Waals surface area contributed by atoms with Crippen molar-refractivity contribution < 1.29 is 45.7 Å². The molecule has 10 heteroatoms. The molecular weight excluding hydrogens is 382 g/mol. The van der Waals surface area contributed by atoms with Crippen LogP contribution in [0.15, 0.2) is 42.5 Å². The van der Waals surface area contributed by atoms with Gasteiger partial charge in [-0.05, 0) is 36.4 Å². The molecule has 144 valence electrons. The van der Waals surface area contributed by atoms with Crippen LogP contribution in [0.2, 0.25) is 0 Å². The molecule has 2 aromatic rings. The lowest BCUT2D eigenvalue weighted by Crippen LogP contribution is -2.25. The number of carboxylic acids is 1. The summed E-state index contributed by atoms with van der Waals surface area (Å²) < 4.78 is 87.5. The Labute approximate surface area is 147 Å². The molecule has 0 saturated carbocycles. The van der Waals surface area contributed by atoms with Crippen LogP contribution in [-0.4, -0.2) is 17.7 Å². The molecule has 1 saturated heterocycles. The van der Waals surface area contributed by atoms with E-state index in [1.165, 1.54) is 0 Å². The largest absolute Gasteiger partial charge is 0.479 e. The van der Waals surface area contributed by atoms with Gasteiger partial charge in [-0.3, -0.25) is 0 Å². The van der Waals surface area contributed by atoms with Gasteiger partial charge in [0.2, 0.25) is 5.60 Å². The highest BCUT2D eigenvalue weighted by Gasteiger charge is 2.57. The first-order valence-electron chi connectivity index (χ1n) is 7.38.